The van der Waals surface area contributed by atoms with Crippen molar-refractivity contribution in [3.05, 3.63) is 12.2 Å². The molecule has 3 heterocycles. The van der Waals surface area contributed by atoms with Crippen LogP contribution in [-0.4, -0.2) is 89.5 Å². The summed E-state index contributed by atoms with van der Waals surface area (Å²) in [6, 6.07) is 0. The molecule has 2 aromatic rings. The van der Waals surface area contributed by atoms with E-state index in [9.17, 15) is 18.6 Å². The van der Waals surface area contributed by atoms with Crippen LogP contribution in [0.15, 0.2) is 6.33 Å². The summed E-state index contributed by atoms with van der Waals surface area (Å²) < 4.78 is 37.6. The average Bonchev–Trinajstić information content (AvgIpc) is 3.18. The molecular weight excluding hydrogens is 392 g/mol. The molecule has 4 atom stereocenters. The van der Waals surface area contributed by atoms with E-state index in [2.05, 4.69) is 25.0 Å². The number of ether oxygens (including phenoxy) is 2. The van der Waals surface area contributed by atoms with E-state index in [0.29, 0.717) is 22.8 Å². The number of rotatable bonds is 8. The van der Waals surface area contributed by atoms with E-state index in [1.807, 2.05) is 0 Å². The highest BCUT2D eigenvalue weighted by molar-refractivity contribution is 7.89. The third-order valence-electron chi connectivity index (χ3n) is 4.45. The van der Waals surface area contributed by atoms with Crippen LogP contribution in [0.5, 0.6) is 0 Å². The lowest BCUT2D eigenvalue weighted by Gasteiger charge is -2.17. The number of hydrogen-bond acceptors (Lipinski definition) is 10. The number of aliphatic hydroxyl groups excluding tert-OH is 2. The SMILES string of the molecule is CNS(=O)(=O)CCNc1nc(C)nc2c1ncn2[C@@H]1O[C@H](COC)[C@@H](O)[C@H]1O. The second-order valence-corrected chi connectivity index (χ2v) is 8.44. The van der Waals surface area contributed by atoms with Gasteiger partial charge >= 0.3 is 0 Å². The molecule has 1 saturated heterocycles. The van der Waals surface area contributed by atoms with Gasteiger partial charge in [0.05, 0.1) is 18.7 Å². The molecule has 0 amide bonds. The Hall–Kier alpha value is -1.90. The maximum absolute atomic E-state index is 11.6. The zero-order chi connectivity index (χ0) is 20.5. The van der Waals surface area contributed by atoms with Crippen LogP contribution in [0.3, 0.4) is 0 Å². The summed E-state index contributed by atoms with van der Waals surface area (Å²) in [6.07, 6.45) is -2.45. The van der Waals surface area contributed by atoms with Crippen LogP contribution in [0, 0.1) is 6.92 Å². The van der Waals surface area contributed by atoms with Crippen molar-refractivity contribution in [2.45, 2.75) is 31.5 Å². The minimum Gasteiger partial charge on any atom is -0.387 e. The minimum absolute atomic E-state index is 0.124. The molecule has 0 aromatic carbocycles. The molecule has 2 aromatic heterocycles. The fraction of sp³-hybridized carbons (Fsp3) is 0.667. The third kappa shape index (κ3) is 4.09. The number of imidazole rings is 1. The first-order valence-corrected chi connectivity index (χ1v) is 10.3. The van der Waals surface area contributed by atoms with Crippen molar-refractivity contribution in [2.24, 2.45) is 0 Å². The van der Waals surface area contributed by atoms with Crippen LogP contribution in [0.1, 0.15) is 12.1 Å². The van der Waals surface area contributed by atoms with Gasteiger partial charge in [0.2, 0.25) is 10.0 Å². The van der Waals surface area contributed by atoms with E-state index >= 15 is 0 Å². The van der Waals surface area contributed by atoms with E-state index in [0.717, 1.165) is 0 Å². The Kier molecular flexibility index (Phi) is 6.12. The molecule has 0 spiro atoms. The van der Waals surface area contributed by atoms with Crippen molar-refractivity contribution in [1.29, 1.82) is 0 Å². The van der Waals surface area contributed by atoms with Gasteiger partial charge in [-0.25, -0.2) is 28.1 Å². The van der Waals surface area contributed by atoms with Crippen LogP contribution in [-0.2, 0) is 19.5 Å². The number of aliphatic hydroxyl groups is 2. The molecule has 0 saturated carbocycles. The molecule has 28 heavy (non-hydrogen) atoms. The number of methoxy groups -OCH3 is 1. The number of nitrogens with one attached hydrogen (secondary N) is 2. The van der Waals surface area contributed by atoms with Crippen LogP contribution in [0.2, 0.25) is 0 Å². The fourth-order valence-corrected chi connectivity index (χ4v) is 3.58. The fourth-order valence-electron chi connectivity index (χ4n) is 3.00. The lowest BCUT2D eigenvalue weighted by atomic mass is 10.1. The predicted octanol–water partition coefficient (Wildman–Crippen LogP) is -1.64. The van der Waals surface area contributed by atoms with Gasteiger partial charge in [-0.3, -0.25) is 4.57 Å². The van der Waals surface area contributed by atoms with Gasteiger partial charge in [0, 0.05) is 13.7 Å². The van der Waals surface area contributed by atoms with Gasteiger partial charge in [-0.1, -0.05) is 0 Å². The molecule has 1 aliphatic rings. The van der Waals surface area contributed by atoms with Crippen molar-refractivity contribution in [2.75, 3.05) is 38.4 Å². The summed E-state index contributed by atoms with van der Waals surface area (Å²) >= 11 is 0. The van der Waals surface area contributed by atoms with Crippen LogP contribution < -0.4 is 10.0 Å². The molecule has 1 fully saturated rings. The molecule has 0 aliphatic carbocycles. The topological polar surface area (TPSA) is 161 Å². The van der Waals surface area contributed by atoms with Crippen molar-refractivity contribution in [3.63, 3.8) is 0 Å². The number of fused-ring (bicyclic) bond motifs is 1. The standard InChI is InChI=1S/C15H24N6O6S/c1-8-19-13(17-4-5-28(24,25)16-2)10-14(20-8)21(7-18-10)15-12(23)11(22)9(27-15)6-26-3/h7,9,11-12,15-16,22-23H,4-6H2,1-3H3,(H,17,19,20)/t9-,11-,12-,15-/m1/s1. The monoisotopic (exact) mass is 416 g/mol. The zero-order valence-corrected chi connectivity index (χ0v) is 16.5. The lowest BCUT2D eigenvalue weighted by molar-refractivity contribution is -0.0580. The molecule has 0 bridgehead atoms. The number of aryl methyl sites for hydroxylation is 1. The van der Waals surface area contributed by atoms with Crippen LogP contribution in [0.25, 0.3) is 11.2 Å². The van der Waals surface area contributed by atoms with E-state index in [1.165, 1.54) is 25.1 Å². The molecule has 12 nitrogen and oxygen atoms in total. The summed E-state index contributed by atoms with van der Waals surface area (Å²) in [7, 11) is -0.533. The number of nitrogens with zero attached hydrogens (tertiary/aromatic N) is 4. The van der Waals surface area contributed by atoms with Crippen molar-refractivity contribution in [3.8, 4) is 0 Å². The molecular formula is C15H24N6O6S. The molecule has 1 aliphatic heterocycles. The van der Waals surface area contributed by atoms with E-state index in [4.69, 9.17) is 9.47 Å². The maximum Gasteiger partial charge on any atom is 0.213 e. The van der Waals surface area contributed by atoms with Crippen molar-refractivity contribution >= 4 is 27.0 Å². The molecule has 156 valence electrons. The summed E-state index contributed by atoms with van der Waals surface area (Å²) in [5.74, 6) is 0.660. The van der Waals surface area contributed by atoms with Gasteiger partial charge in [0.1, 0.15) is 24.1 Å². The minimum atomic E-state index is -3.36. The van der Waals surface area contributed by atoms with Gasteiger partial charge in [-0.05, 0) is 14.0 Å². The summed E-state index contributed by atoms with van der Waals surface area (Å²) in [4.78, 5) is 12.9. The molecule has 13 heteroatoms. The van der Waals surface area contributed by atoms with E-state index < -0.39 is 34.6 Å². The number of aromatic nitrogens is 4. The van der Waals surface area contributed by atoms with Gasteiger partial charge in [-0.2, -0.15) is 0 Å². The first kappa shape index (κ1) is 20.8. The number of sulfonamides is 1. The first-order valence-electron chi connectivity index (χ1n) is 8.64. The van der Waals surface area contributed by atoms with Gasteiger partial charge in [0.15, 0.2) is 23.2 Å². The zero-order valence-electron chi connectivity index (χ0n) is 15.7. The second-order valence-electron chi connectivity index (χ2n) is 6.39. The maximum atomic E-state index is 11.6. The van der Waals surface area contributed by atoms with E-state index in [-0.39, 0.29) is 18.9 Å². The summed E-state index contributed by atoms with van der Waals surface area (Å²) in [5.41, 5.74) is 0.786. The Labute approximate surface area is 162 Å². The lowest BCUT2D eigenvalue weighted by Crippen LogP contribution is -2.33. The Bertz CT molecular complexity index is 934. The van der Waals surface area contributed by atoms with Gasteiger partial charge in [-0.15, -0.1) is 0 Å². The summed E-state index contributed by atoms with van der Waals surface area (Å²) in [6.45, 7) is 1.93. The van der Waals surface area contributed by atoms with Gasteiger partial charge in [0.25, 0.3) is 0 Å². The Morgan fingerprint density at radius 2 is 2.07 bits per heavy atom. The Balaban J connectivity index is 1.87. The largest absolute Gasteiger partial charge is 0.387 e. The number of hydrogen-bond donors (Lipinski definition) is 4. The first-order chi connectivity index (χ1) is 13.3. The second kappa shape index (κ2) is 8.23. The van der Waals surface area contributed by atoms with Crippen LogP contribution >= 0.6 is 0 Å². The molecule has 0 radical (unpaired) electrons. The van der Waals surface area contributed by atoms with Gasteiger partial charge < -0.3 is 25.0 Å². The smallest absolute Gasteiger partial charge is 0.213 e. The predicted molar refractivity (Wildman–Crippen MR) is 99.2 cm³/mol. The highest BCUT2D eigenvalue weighted by Gasteiger charge is 2.44. The molecule has 0 unspecified atom stereocenters. The normalized spacial score (nSPS) is 25.5. The Morgan fingerprint density at radius 1 is 1.32 bits per heavy atom. The summed E-state index contributed by atoms with van der Waals surface area (Å²) in [5, 5.41) is 23.5. The highest BCUT2D eigenvalue weighted by Crippen LogP contribution is 2.32. The van der Waals surface area contributed by atoms with E-state index in [1.54, 1.807) is 6.92 Å². The van der Waals surface area contributed by atoms with Crippen LogP contribution in [0.4, 0.5) is 5.82 Å². The quantitative estimate of drug-likeness (QED) is 0.393. The highest BCUT2D eigenvalue weighted by atomic mass is 32.2. The third-order valence-corrected chi connectivity index (χ3v) is 5.81. The van der Waals surface area contributed by atoms with Crippen molar-refractivity contribution < 1.29 is 28.1 Å². The average molecular weight is 416 g/mol. The number of anilines is 1. The molecule has 3 rings (SSSR count). The Morgan fingerprint density at radius 3 is 2.75 bits per heavy atom. The molecule has 4 N–H and O–H groups in total. The van der Waals surface area contributed by atoms with Crippen molar-refractivity contribution in [1.82, 2.24) is 24.2 Å².